The number of nitrogens with one attached hydrogen (secondary N) is 1. The molecule has 0 aliphatic heterocycles. The molecule has 2 aromatic rings. The minimum absolute atomic E-state index is 0.268. The highest BCUT2D eigenvalue weighted by molar-refractivity contribution is 6.33. The Morgan fingerprint density at radius 2 is 1.79 bits per heavy atom. The molecule has 1 aliphatic rings. The fourth-order valence-electron chi connectivity index (χ4n) is 3.49. The average molecular weight is 416 g/mol. The molecular formula is C23H26ClNO4. The number of amides is 1. The SMILES string of the molecule is COC(=O)c1ccc(CNC(=O)c2cc(OCC3CCCCC3)ccc2Cl)cc1. The van der Waals surface area contributed by atoms with Crippen LogP contribution in [0.25, 0.3) is 0 Å². The van der Waals surface area contributed by atoms with Gasteiger partial charge in [-0.2, -0.15) is 0 Å². The van der Waals surface area contributed by atoms with Gasteiger partial charge < -0.3 is 14.8 Å². The summed E-state index contributed by atoms with van der Waals surface area (Å²) in [6.45, 7) is 0.999. The number of rotatable bonds is 7. The number of methoxy groups -OCH3 is 1. The van der Waals surface area contributed by atoms with E-state index in [1.165, 1.54) is 39.2 Å². The first-order valence-corrected chi connectivity index (χ1v) is 10.3. The summed E-state index contributed by atoms with van der Waals surface area (Å²) in [5.74, 6) is 0.588. The summed E-state index contributed by atoms with van der Waals surface area (Å²) in [7, 11) is 1.34. The lowest BCUT2D eigenvalue weighted by Gasteiger charge is -2.21. The maximum absolute atomic E-state index is 12.6. The van der Waals surface area contributed by atoms with Crippen LogP contribution in [0.2, 0.25) is 5.02 Å². The molecule has 2 aromatic carbocycles. The predicted molar refractivity (Wildman–Crippen MR) is 112 cm³/mol. The highest BCUT2D eigenvalue weighted by atomic mass is 35.5. The zero-order valence-corrected chi connectivity index (χ0v) is 17.3. The van der Waals surface area contributed by atoms with Crippen molar-refractivity contribution in [3.63, 3.8) is 0 Å². The van der Waals surface area contributed by atoms with Gasteiger partial charge in [0.25, 0.3) is 5.91 Å². The van der Waals surface area contributed by atoms with E-state index in [1.54, 1.807) is 42.5 Å². The second-order valence-corrected chi connectivity index (χ2v) is 7.74. The summed E-state index contributed by atoms with van der Waals surface area (Å²) >= 11 is 6.23. The Hall–Kier alpha value is -2.53. The minimum atomic E-state index is -0.391. The van der Waals surface area contributed by atoms with Gasteiger partial charge in [-0.15, -0.1) is 0 Å². The first-order valence-electron chi connectivity index (χ1n) is 9.94. The normalized spacial score (nSPS) is 14.3. The van der Waals surface area contributed by atoms with Crippen molar-refractivity contribution in [1.29, 1.82) is 0 Å². The van der Waals surface area contributed by atoms with Gasteiger partial charge in [0, 0.05) is 6.54 Å². The molecule has 0 aromatic heterocycles. The molecule has 0 saturated heterocycles. The molecule has 1 fully saturated rings. The Balaban J connectivity index is 1.57. The molecule has 0 bridgehead atoms. The van der Waals surface area contributed by atoms with Gasteiger partial charge in [-0.1, -0.05) is 43.0 Å². The largest absolute Gasteiger partial charge is 0.493 e. The Labute approximate surface area is 176 Å². The number of esters is 1. The summed E-state index contributed by atoms with van der Waals surface area (Å²) in [4.78, 5) is 24.1. The molecule has 154 valence electrons. The van der Waals surface area contributed by atoms with Gasteiger partial charge in [-0.3, -0.25) is 4.79 Å². The number of carbonyl (C=O) groups excluding carboxylic acids is 2. The van der Waals surface area contributed by atoms with Crippen LogP contribution in [0, 0.1) is 5.92 Å². The van der Waals surface area contributed by atoms with Crippen molar-refractivity contribution in [3.05, 3.63) is 64.2 Å². The molecule has 3 rings (SSSR count). The van der Waals surface area contributed by atoms with Gasteiger partial charge in [-0.05, 0) is 54.7 Å². The molecule has 6 heteroatoms. The second kappa shape index (κ2) is 10.3. The molecule has 1 aliphatic carbocycles. The number of ether oxygens (including phenoxy) is 2. The van der Waals surface area contributed by atoms with Crippen LogP contribution in [-0.4, -0.2) is 25.6 Å². The van der Waals surface area contributed by atoms with Gasteiger partial charge in [-0.25, -0.2) is 4.79 Å². The third-order valence-electron chi connectivity index (χ3n) is 5.22. The highest BCUT2D eigenvalue weighted by Gasteiger charge is 2.16. The molecule has 5 nitrogen and oxygen atoms in total. The summed E-state index contributed by atoms with van der Waals surface area (Å²) in [6, 6.07) is 12.1. The van der Waals surface area contributed by atoms with Crippen LogP contribution in [0.1, 0.15) is 58.4 Å². The monoisotopic (exact) mass is 415 g/mol. The summed E-state index contributed by atoms with van der Waals surface area (Å²) in [6.07, 6.45) is 6.25. The summed E-state index contributed by atoms with van der Waals surface area (Å²) < 4.78 is 10.6. The van der Waals surface area contributed by atoms with Crippen molar-refractivity contribution in [2.24, 2.45) is 5.92 Å². The second-order valence-electron chi connectivity index (χ2n) is 7.33. The molecule has 0 heterocycles. The Morgan fingerprint density at radius 3 is 2.48 bits per heavy atom. The quantitative estimate of drug-likeness (QED) is 0.645. The van der Waals surface area contributed by atoms with E-state index in [2.05, 4.69) is 10.1 Å². The van der Waals surface area contributed by atoms with Crippen LogP contribution in [-0.2, 0) is 11.3 Å². The van der Waals surface area contributed by atoms with Crippen molar-refractivity contribution >= 4 is 23.5 Å². The number of benzene rings is 2. The van der Waals surface area contributed by atoms with Crippen molar-refractivity contribution in [1.82, 2.24) is 5.32 Å². The van der Waals surface area contributed by atoms with E-state index < -0.39 is 5.97 Å². The fraction of sp³-hybridized carbons (Fsp3) is 0.391. The Bertz CT molecular complexity index is 844. The molecule has 1 amide bonds. The van der Waals surface area contributed by atoms with E-state index in [0.29, 0.717) is 41.0 Å². The van der Waals surface area contributed by atoms with Gasteiger partial charge in [0.05, 0.1) is 29.9 Å². The van der Waals surface area contributed by atoms with Crippen molar-refractivity contribution in [2.45, 2.75) is 38.6 Å². The molecule has 0 atom stereocenters. The molecule has 1 saturated carbocycles. The third-order valence-corrected chi connectivity index (χ3v) is 5.55. The van der Waals surface area contributed by atoms with Crippen molar-refractivity contribution in [2.75, 3.05) is 13.7 Å². The van der Waals surface area contributed by atoms with E-state index in [9.17, 15) is 9.59 Å². The van der Waals surface area contributed by atoms with Crippen LogP contribution in [0.4, 0.5) is 0 Å². The van der Waals surface area contributed by atoms with Crippen molar-refractivity contribution < 1.29 is 19.1 Å². The first-order chi connectivity index (χ1) is 14.1. The molecular weight excluding hydrogens is 390 g/mol. The lowest BCUT2D eigenvalue weighted by atomic mass is 9.90. The van der Waals surface area contributed by atoms with Gasteiger partial charge in [0.1, 0.15) is 5.75 Å². The zero-order chi connectivity index (χ0) is 20.6. The van der Waals surface area contributed by atoms with E-state index in [4.69, 9.17) is 16.3 Å². The van der Waals surface area contributed by atoms with Crippen LogP contribution < -0.4 is 10.1 Å². The number of carbonyl (C=O) groups is 2. The standard InChI is InChI=1S/C23H26ClNO4/c1-28-23(27)18-9-7-16(8-10-18)14-25-22(26)20-13-19(11-12-21(20)24)29-15-17-5-3-2-4-6-17/h7-13,17H,2-6,14-15H2,1H3,(H,25,26). The molecule has 1 N–H and O–H groups in total. The van der Waals surface area contributed by atoms with E-state index >= 15 is 0 Å². The van der Waals surface area contributed by atoms with E-state index in [1.807, 2.05) is 0 Å². The third kappa shape index (κ3) is 5.97. The summed E-state index contributed by atoms with van der Waals surface area (Å²) in [5.41, 5.74) is 1.72. The molecule has 0 spiro atoms. The van der Waals surface area contributed by atoms with Gasteiger partial charge >= 0.3 is 5.97 Å². The van der Waals surface area contributed by atoms with Gasteiger partial charge in [0.2, 0.25) is 0 Å². The lowest BCUT2D eigenvalue weighted by molar-refractivity contribution is 0.0600. The van der Waals surface area contributed by atoms with E-state index in [0.717, 1.165) is 5.56 Å². The average Bonchev–Trinajstić information content (AvgIpc) is 2.77. The summed E-state index contributed by atoms with van der Waals surface area (Å²) in [5, 5.41) is 3.24. The Kier molecular flexibility index (Phi) is 7.53. The fourth-order valence-corrected chi connectivity index (χ4v) is 3.69. The molecule has 29 heavy (non-hydrogen) atoms. The minimum Gasteiger partial charge on any atom is -0.493 e. The first kappa shape index (κ1) is 21.2. The zero-order valence-electron chi connectivity index (χ0n) is 16.6. The number of hydrogen-bond acceptors (Lipinski definition) is 4. The van der Waals surface area contributed by atoms with Gasteiger partial charge in [0.15, 0.2) is 0 Å². The maximum Gasteiger partial charge on any atom is 0.337 e. The van der Waals surface area contributed by atoms with Crippen LogP contribution >= 0.6 is 11.6 Å². The van der Waals surface area contributed by atoms with Crippen LogP contribution in [0.15, 0.2) is 42.5 Å². The van der Waals surface area contributed by atoms with Crippen LogP contribution in [0.3, 0.4) is 0 Å². The highest BCUT2D eigenvalue weighted by Crippen LogP contribution is 2.26. The van der Waals surface area contributed by atoms with Crippen LogP contribution in [0.5, 0.6) is 5.75 Å². The lowest BCUT2D eigenvalue weighted by Crippen LogP contribution is -2.23. The molecule has 0 unspecified atom stereocenters. The maximum atomic E-state index is 12.6. The van der Waals surface area contributed by atoms with E-state index in [-0.39, 0.29) is 5.91 Å². The smallest absolute Gasteiger partial charge is 0.337 e. The Morgan fingerprint density at radius 1 is 1.07 bits per heavy atom. The topological polar surface area (TPSA) is 64.6 Å². The van der Waals surface area contributed by atoms with Crippen molar-refractivity contribution in [3.8, 4) is 5.75 Å². The number of hydrogen-bond donors (Lipinski definition) is 1. The number of halogens is 1. The predicted octanol–water partition coefficient (Wildman–Crippen LogP) is 5.02. The molecule has 0 radical (unpaired) electrons.